The lowest BCUT2D eigenvalue weighted by Gasteiger charge is -2.33. The lowest BCUT2D eigenvalue weighted by Crippen LogP contribution is -2.48. The molecule has 1 amide bonds. The van der Waals surface area contributed by atoms with E-state index in [1.54, 1.807) is 11.0 Å². The highest BCUT2D eigenvalue weighted by atomic mass is 35.5. The van der Waals surface area contributed by atoms with Crippen molar-refractivity contribution in [1.82, 2.24) is 4.90 Å². The van der Waals surface area contributed by atoms with Crippen LogP contribution in [0, 0.1) is 5.92 Å². The first-order valence-corrected chi connectivity index (χ1v) is 8.22. The highest BCUT2D eigenvalue weighted by molar-refractivity contribution is 6.34. The summed E-state index contributed by atoms with van der Waals surface area (Å²) in [6.45, 7) is 0.537. The van der Waals surface area contributed by atoms with Crippen LogP contribution in [0.25, 0.3) is 0 Å². The molecule has 1 aromatic carbocycles. The molecule has 3 atom stereocenters. The molecule has 1 saturated carbocycles. The minimum absolute atomic E-state index is 0.0480. The normalized spacial score (nSPS) is 27.5. The van der Waals surface area contributed by atoms with Gasteiger partial charge in [0, 0.05) is 22.5 Å². The summed E-state index contributed by atoms with van der Waals surface area (Å²) < 4.78 is 0. The number of benzene rings is 1. The van der Waals surface area contributed by atoms with E-state index < -0.39 is 12.0 Å². The predicted molar refractivity (Wildman–Crippen MR) is 84.3 cm³/mol. The molecule has 1 saturated heterocycles. The van der Waals surface area contributed by atoms with Gasteiger partial charge in [-0.15, -0.1) is 0 Å². The molecule has 118 valence electrons. The van der Waals surface area contributed by atoms with Gasteiger partial charge in [-0.25, -0.2) is 4.79 Å². The van der Waals surface area contributed by atoms with Crippen LogP contribution in [0.2, 0.25) is 10.0 Å². The molecule has 4 nitrogen and oxygen atoms in total. The Kier molecular flexibility index (Phi) is 4.33. The van der Waals surface area contributed by atoms with Gasteiger partial charge in [-0.05, 0) is 55.4 Å². The molecule has 0 spiro atoms. The summed E-state index contributed by atoms with van der Waals surface area (Å²) in [5.41, 5.74) is 0.958. The van der Waals surface area contributed by atoms with Crippen LogP contribution < -0.4 is 0 Å². The SMILES string of the molecule is O=C(O)C1CCCCN1C(=O)C1CC1c1cc(Cl)cc(Cl)c1. The third-order valence-electron chi connectivity index (χ3n) is 4.49. The molecule has 1 aromatic rings. The van der Waals surface area contributed by atoms with Crippen LogP contribution in [0.3, 0.4) is 0 Å². The zero-order valence-electron chi connectivity index (χ0n) is 12.0. The fourth-order valence-corrected chi connectivity index (χ4v) is 3.83. The highest BCUT2D eigenvalue weighted by Crippen LogP contribution is 2.50. The van der Waals surface area contributed by atoms with Crippen LogP contribution in [0.4, 0.5) is 0 Å². The summed E-state index contributed by atoms with van der Waals surface area (Å²) in [5.74, 6) is -1.00. The average molecular weight is 342 g/mol. The summed E-state index contributed by atoms with van der Waals surface area (Å²) in [7, 11) is 0. The van der Waals surface area contributed by atoms with Crippen molar-refractivity contribution in [3.63, 3.8) is 0 Å². The molecule has 0 aromatic heterocycles. The Bertz CT molecular complexity index is 599. The van der Waals surface area contributed by atoms with E-state index in [2.05, 4.69) is 0 Å². The molecule has 3 rings (SSSR count). The second kappa shape index (κ2) is 6.09. The van der Waals surface area contributed by atoms with Gasteiger partial charge in [0.1, 0.15) is 6.04 Å². The van der Waals surface area contributed by atoms with E-state index in [1.807, 2.05) is 12.1 Å². The van der Waals surface area contributed by atoms with Gasteiger partial charge in [0.15, 0.2) is 0 Å². The van der Waals surface area contributed by atoms with Crippen molar-refractivity contribution in [3.05, 3.63) is 33.8 Å². The van der Waals surface area contributed by atoms with Crippen molar-refractivity contribution in [1.29, 1.82) is 0 Å². The number of aliphatic carboxylic acids is 1. The van der Waals surface area contributed by atoms with Crippen molar-refractivity contribution in [2.24, 2.45) is 5.92 Å². The van der Waals surface area contributed by atoms with Crippen molar-refractivity contribution < 1.29 is 14.7 Å². The Morgan fingerprint density at radius 3 is 2.45 bits per heavy atom. The van der Waals surface area contributed by atoms with Crippen LogP contribution in [-0.2, 0) is 9.59 Å². The van der Waals surface area contributed by atoms with Crippen molar-refractivity contribution in [3.8, 4) is 0 Å². The van der Waals surface area contributed by atoms with E-state index in [9.17, 15) is 14.7 Å². The summed E-state index contributed by atoms with van der Waals surface area (Å²) in [5, 5.41) is 10.4. The number of amides is 1. The number of halogens is 2. The standard InChI is InChI=1S/C16H17Cl2NO3/c17-10-5-9(6-11(18)7-10)12-8-13(12)15(20)19-4-2-1-3-14(19)16(21)22/h5-7,12-14H,1-4,8H2,(H,21,22). The second-order valence-corrected chi connectivity index (χ2v) is 6.91. The van der Waals surface area contributed by atoms with E-state index in [0.29, 0.717) is 23.0 Å². The highest BCUT2D eigenvalue weighted by Gasteiger charge is 2.48. The second-order valence-electron chi connectivity index (χ2n) is 6.03. The Labute approximate surface area is 139 Å². The lowest BCUT2D eigenvalue weighted by atomic mass is 10.0. The molecule has 1 aliphatic carbocycles. The number of hydrogen-bond acceptors (Lipinski definition) is 2. The van der Waals surface area contributed by atoms with Crippen molar-refractivity contribution in [2.45, 2.75) is 37.6 Å². The third kappa shape index (κ3) is 3.08. The number of nitrogens with zero attached hydrogens (tertiary/aromatic N) is 1. The smallest absolute Gasteiger partial charge is 0.326 e. The Balaban J connectivity index is 1.73. The number of hydrogen-bond donors (Lipinski definition) is 1. The molecule has 1 heterocycles. The number of carboxylic acids is 1. The van der Waals surface area contributed by atoms with Gasteiger partial charge in [-0.2, -0.15) is 0 Å². The maximum absolute atomic E-state index is 12.6. The maximum atomic E-state index is 12.6. The predicted octanol–water partition coefficient (Wildman–Crippen LogP) is 3.56. The fourth-order valence-electron chi connectivity index (χ4n) is 3.29. The summed E-state index contributed by atoms with van der Waals surface area (Å²) in [6.07, 6.45) is 3.01. The lowest BCUT2D eigenvalue weighted by molar-refractivity contribution is -0.152. The number of carboxylic acid groups (broad SMARTS) is 1. The van der Waals surface area contributed by atoms with E-state index in [4.69, 9.17) is 23.2 Å². The first kappa shape index (κ1) is 15.6. The maximum Gasteiger partial charge on any atom is 0.326 e. The molecule has 0 radical (unpaired) electrons. The van der Waals surface area contributed by atoms with Crippen LogP contribution >= 0.6 is 23.2 Å². The Morgan fingerprint density at radius 2 is 1.82 bits per heavy atom. The van der Waals surface area contributed by atoms with E-state index >= 15 is 0 Å². The van der Waals surface area contributed by atoms with E-state index in [1.165, 1.54) is 0 Å². The zero-order valence-corrected chi connectivity index (χ0v) is 13.5. The van der Waals surface area contributed by atoms with E-state index in [-0.39, 0.29) is 17.7 Å². The molecule has 2 aliphatic rings. The molecule has 1 aliphatic heterocycles. The number of piperidine rings is 1. The van der Waals surface area contributed by atoms with Crippen LogP contribution in [0.15, 0.2) is 18.2 Å². The molecular weight excluding hydrogens is 325 g/mol. The van der Waals surface area contributed by atoms with Gasteiger partial charge in [-0.3, -0.25) is 4.79 Å². The summed E-state index contributed by atoms with van der Waals surface area (Å²) in [4.78, 5) is 25.5. The first-order chi connectivity index (χ1) is 10.5. The Hall–Kier alpha value is -1.26. The minimum Gasteiger partial charge on any atom is -0.480 e. The topological polar surface area (TPSA) is 57.6 Å². The van der Waals surface area contributed by atoms with Gasteiger partial charge < -0.3 is 10.0 Å². The molecule has 3 unspecified atom stereocenters. The minimum atomic E-state index is -0.906. The number of likely N-dealkylation sites (tertiary alicyclic amines) is 1. The summed E-state index contributed by atoms with van der Waals surface area (Å²) >= 11 is 12.0. The quantitative estimate of drug-likeness (QED) is 0.914. The third-order valence-corrected chi connectivity index (χ3v) is 4.93. The fraction of sp³-hybridized carbons (Fsp3) is 0.500. The average Bonchev–Trinajstić information content (AvgIpc) is 3.26. The monoisotopic (exact) mass is 341 g/mol. The van der Waals surface area contributed by atoms with Gasteiger partial charge in [-0.1, -0.05) is 23.2 Å². The molecule has 2 fully saturated rings. The van der Waals surface area contributed by atoms with Crippen LogP contribution in [-0.4, -0.2) is 34.5 Å². The van der Waals surface area contributed by atoms with Gasteiger partial charge >= 0.3 is 5.97 Å². The molecule has 0 bridgehead atoms. The molecule has 22 heavy (non-hydrogen) atoms. The van der Waals surface area contributed by atoms with Gasteiger partial charge in [0.05, 0.1) is 0 Å². The van der Waals surface area contributed by atoms with Gasteiger partial charge in [0.2, 0.25) is 5.91 Å². The molecular formula is C16H17Cl2NO3. The number of carbonyl (C=O) groups is 2. The first-order valence-electron chi connectivity index (χ1n) is 7.46. The largest absolute Gasteiger partial charge is 0.480 e. The zero-order chi connectivity index (χ0) is 15.9. The Morgan fingerprint density at radius 1 is 1.14 bits per heavy atom. The molecule has 6 heteroatoms. The van der Waals surface area contributed by atoms with Gasteiger partial charge in [0.25, 0.3) is 0 Å². The van der Waals surface area contributed by atoms with Crippen molar-refractivity contribution in [2.75, 3.05) is 6.54 Å². The number of carbonyl (C=O) groups excluding carboxylic acids is 1. The molecule has 1 N–H and O–H groups in total. The van der Waals surface area contributed by atoms with Crippen LogP contribution in [0.1, 0.15) is 37.2 Å². The summed E-state index contributed by atoms with van der Waals surface area (Å²) in [6, 6.07) is 4.65. The van der Waals surface area contributed by atoms with E-state index in [0.717, 1.165) is 24.8 Å². The number of rotatable bonds is 3. The van der Waals surface area contributed by atoms with Crippen LogP contribution in [0.5, 0.6) is 0 Å². The van der Waals surface area contributed by atoms with Crippen molar-refractivity contribution >= 4 is 35.1 Å².